The summed E-state index contributed by atoms with van der Waals surface area (Å²) in [5, 5.41) is 17.6. The van der Waals surface area contributed by atoms with Crippen LogP contribution in [0.3, 0.4) is 0 Å². The number of nitriles is 1. The summed E-state index contributed by atoms with van der Waals surface area (Å²) < 4.78 is 47.9. The lowest BCUT2D eigenvalue weighted by atomic mass is 9.89. The molecule has 1 aliphatic carbocycles. The van der Waals surface area contributed by atoms with Crippen molar-refractivity contribution in [1.29, 1.82) is 5.26 Å². The summed E-state index contributed by atoms with van der Waals surface area (Å²) in [6.45, 7) is 10.4. The van der Waals surface area contributed by atoms with E-state index < -0.39 is 40.8 Å². The first kappa shape index (κ1) is 45.7. The first-order valence-electron chi connectivity index (χ1n) is 19.5. The van der Waals surface area contributed by atoms with E-state index in [2.05, 4.69) is 39.6 Å². The number of hydrogen-bond acceptors (Lipinski definition) is 11. The Hall–Kier alpha value is -4.41. The fourth-order valence-electron chi connectivity index (χ4n) is 8.35. The minimum atomic E-state index is -4.77. The van der Waals surface area contributed by atoms with Crippen LogP contribution in [0, 0.1) is 11.3 Å². The molecule has 0 bridgehead atoms. The number of rotatable bonds is 12. The van der Waals surface area contributed by atoms with Gasteiger partial charge in [-0.05, 0) is 108 Å². The fourth-order valence-corrected chi connectivity index (χ4v) is 9.33. The monoisotopic (exact) mass is 862 g/mol. The lowest BCUT2D eigenvalue weighted by Gasteiger charge is -2.44. The van der Waals surface area contributed by atoms with E-state index in [-0.39, 0.29) is 72.2 Å². The number of halogens is 4. The highest BCUT2D eigenvalue weighted by Crippen LogP contribution is 2.42. The highest BCUT2D eigenvalue weighted by Gasteiger charge is 2.55. The van der Waals surface area contributed by atoms with Crippen molar-refractivity contribution < 1.29 is 41.9 Å². The van der Waals surface area contributed by atoms with Crippen LogP contribution in [0.4, 0.5) is 29.3 Å². The molecule has 0 aromatic heterocycles. The van der Waals surface area contributed by atoms with Gasteiger partial charge < -0.3 is 20.3 Å². The molecule has 0 radical (unpaired) electrons. The lowest BCUT2D eigenvalue weighted by Crippen LogP contribution is -2.58. The third-order valence-corrected chi connectivity index (χ3v) is 12.3. The van der Waals surface area contributed by atoms with E-state index in [4.69, 9.17) is 10.00 Å². The van der Waals surface area contributed by atoms with Crippen LogP contribution in [0.15, 0.2) is 47.4 Å². The molecule has 4 aliphatic rings. The van der Waals surface area contributed by atoms with E-state index in [1.54, 1.807) is 43.0 Å². The van der Waals surface area contributed by atoms with Crippen LogP contribution in [0.2, 0.25) is 0 Å². The van der Waals surface area contributed by atoms with Crippen molar-refractivity contribution >= 4 is 65.4 Å². The highest BCUT2D eigenvalue weighted by molar-refractivity contribution is 7.98. The number of ether oxygens (including phenoxy) is 1. The van der Waals surface area contributed by atoms with Gasteiger partial charge in [0.25, 0.3) is 5.91 Å². The van der Waals surface area contributed by atoms with Crippen molar-refractivity contribution in [2.24, 2.45) is 0 Å². The number of benzene rings is 2. The topological polar surface area (TPSA) is 167 Å². The summed E-state index contributed by atoms with van der Waals surface area (Å²) in [7, 11) is 0. The lowest BCUT2D eigenvalue weighted by molar-refractivity contribution is -0.138. The van der Waals surface area contributed by atoms with Gasteiger partial charge in [0.15, 0.2) is 0 Å². The van der Waals surface area contributed by atoms with Crippen LogP contribution >= 0.6 is 24.4 Å². The van der Waals surface area contributed by atoms with Gasteiger partial charge in [-0.25, -0.2) is 4.79 Å². The predicted molar refractivity (Wildman–Crippen MR) is 216 cm³/mol. The van der Waals surface area contributed by atoms with Gasteiger partial charge in [-0.2, -0.15) is 22.7 Å². The highest BCUT2D eigenvalue weighted by atomic mass is 35.5. The molecule has 2 aromatic rings. The van der Waals surface area contributed by atoms with Crippen LogP contribution in [-0.2, 0) is 30.1 Å². The molecule has 3 heterocycles. The zero-order valence-electron chi connectivity index (χ0n) is 33.3. The zero-order valence-corrected chi connectivity index (χ0v) is 35.0. The molecule has 19 heteroatoms. The molecule has 3 aliphatic heterocycles. The van der Waals surface area contributed by atoms with Crippen molar-refractivity contribution in [3.63, 3.8) is 0 Å². The number of amides is 6. The average Bonchev–Trinajstić information content (AvgIpc) is 3.32. The van der Waals surface area contributed by atoms with E-state index in [1.165, 1.54) is 12.1 Å². The molecule has 14 nitrogen and oxygen atoms in total. The Balaban J connectivity index is 0.00000661. The number of carbonyl (C=O) groups is 5. The number of hydrogen-bond donors (Lipinski definition) is 3. The third kappa shape index (κ3) is 10.7. The first-order valence-corrected chi connectivity index (χ1v) is 20.3. The maximum Gasteiger partial charge on any atom is 0.417 e. The summed E-state index contributed by atoms with van der Waals surface area (Å²) >= 11 is 0.632. The number of urea groups is 1. The molecule has 3 N–H and O–H groups in total. The number of imide groups is 2. The Morgan fingerprint density at radius 3 is 2.32 bits per heavy atom. The molecular weight excluding hydrogens is 813 g/mol. The molecule has 2 aromatic carbocycles. The SMILES string of the molecule is C[C@@H]1CN(CCOC2CCC(N3C(=O)N(Sc4ccc(C#N)c(C(F)(F)F)c4)C(=O)C3(C)C)CC2)C[C@H](C)N1CC(=O)Nc1cccc(N[C@@H]2CCC(=O)NC2=O)c1.Cl. The quantitative estimate of drug-likeness (QED) is 0.138. The maximum atomic E-state index is 13.6. The van der Waals surface area contributed by atoms with Crippen LogP contribution in [0.25, 0.3) is 0 Å². The van der Waals surface area contributed by atoms with E-state index >= 15 is 0 Å². The number of nitrogens with one attached hydrogen (secondary N) is 3. The van der Waals surface area contributed by atoms with Crippen LogP contribution < -0.4 is 16.0 Å². The zero-order chi connectivity index (χ0) is 41.9. The minimum Gasteiger partial charge on any atom is -0.377 e. The number of carbonyl (C=O) groups excluding carboxylic acids is 5. The van der Waals surface area contributed by atoms with Crippen molar-refractivity contribution in [1.82, 2.24) is 24.3 Å². The number of nitrogens with zero attached hydrogens (tertiary/aromatic N) is 5. The van der Waals surface area contributed by atoms with Crippen molar-refractivity contribution in [3.05, 3.63) is 53.6 Å². The Morgan fingerprint density at radius 1 is 1.00 bits per heavy atom. The summed E-state index contributed by atoms with van der Waals surface area (Å²) in [6, 6.07) is 10.7. The van der Waals surface area contributed by atoms with Crippen molar-refractivity contribution in [2.75, 3.05) is 43.4 Å². The first-order chi connectivity index (χ1) is 27.4. The second kappa shape index (κ2) is 18.9. The summed E-state index contributed by atoms with van der Waals surface area (Å²) in [6.07, 6.45) is -1.54. The Bertz CT molecular complexity index is 1950. The van der Waals surface area contributed by atoms with Crippen molar-refractivity contribution in [3.8, 4) is 6.07 Å². The molecule has 3 saturated heterocycles. The van der Waals surface area contributed by atoms with Gasteiger partial charge in [-0.15, -0.1) is 12.4 Å². The molecule has 0 unspecified atom stereocenters. The summed E-state index contributed by atoms with van der Waals surface area (Å²) in [5.41, 5.74) is -1.59. The second-order valence-corrected chi connectivity index (χ2v) is 16.9. The second-order valence-electron chi connectivity index (χ2n) is 15.9. The number of piperazine rings is 1. The predicted octanol–water partition coefficient (Wildman–Crippen LogP) is 5.63. The van der Waals surface area contributed by atoms with Crippen molar-refractivity contribution in [2.45, 2.75) is 113 Å². The van der Waals surface area contributed by atoms with E-state index in [0.717, 1.165) is 29.5 Å². The number of alkyl halides is 3. The van der Waals surface area contributed by atoms with Gasteiger partial charge in [0.1, 0.15) is 11.6 Å². The van der Waals surface area contributed by atoms with Gasteiger partial charge in [0.05, 0.1) is 36.5 Å². The van der Waals surface area contributed by atoms with Gasteiger partial charge in [0.2, 0.25) is 17.7 Å². The molecular formula is C40H50ClF3N8O6S. The smallest absolute Gasteiger partial charge is 0.377 e. The van der Waals surface area contributed by atoms with Crippen LogP contribution in [0.5, 0.6) is 0 Å². The molecule has 1 saturated carbocycles. The van der Waals surface area contributed by atoms with Gasteiger partial charge in [0, 0.05) is 60.5 Å². The minimum absolute atomic E-state index is 0. The normalized spacial score (nSPS) is 25.3. The molecule has 0 spiro atoms. The fraction of sp³-hybridized carbons (Fsp3) is 0.550. The van der Waals surface area contributed by atoms with E-state index in [9.17, 15) is 37.1 Å². The van der Waals surface area contributed by atoms with Gasteiger partial charge in [-0.1, -0.05) is 6.07 Å². The summed E-state index contributed by atoms with van der Waals surface area (Å²) in [4.78, 5) is 69.9. The average molecular weight is 863 g/mol. The Morgan fingerprint density at radius 2 is 1.68 bits per heavy atom. The number of anilines is 2. The maximum absolute atomic E-state index is 13.6. The Labute approximate surface area is 352 Å². The summed E-state index contributed by atoms with van der Waals surface area (Å²) in [5.74, 6) is -1.32. The van der Waals surface area contributed by atoms with Crippen LogP contribution in [0.1, 0.15) is 77.3 Å². The largest absolute Gasteiger partial charge is 0.417 e. The Kier molecular flexibility index (Phi) is 14.6. The van der Waals surface area contributed by atoms with Gasteiger partial charge >= 0.3 is 12.2 Å². The molecule has 3 atom stereocenters. The molecule has 320 valence electrons. The molecule has 4 fully saturated rings. The standard InChI is InChI=1S/C40H49F3N8O6S.ClH/c1-24-21-48(22-25(2)49(24)23-35(53)46-28-7-5-6-27(18-28)45-33-14-15-34(52)47-36(33)54)16-17-57-30-11-9-29(10-12-30)50-38(56)51(37(55)39(50,3)4)58-31-13-8-26(20-44)32(19-31)40(41,42)43;/h5-8,13,18-19,24-25,29-30,33,45H,9-12,14-17,21-23H2,1-4H3,(H,46,53)(H,47,52,54);1H/t24-,25+,29?,30?,33-;/m1./s1. The van der Waals surface area contributed by atoms with E-state index in [1.807, 2.05) is 0 Å². The van der Waals surface area contributed by atoms with E-state index in [0.29, 0.717) is 68.6 Å². The number of piperidine rings is 1. The third-order valence-electron chi connectivity index (χ3n) is 11.3. The van der Waals surface area contributed by atoms with Crippen LogP contribution in [-0.4, -0.2) is 117 Å². The molecule has 6 amide bonds. The molecule has 59 heavy (non-hydrogen) atoms. The molecule has 6 rings (SSSR count). The van der Waals surface area contributed by atoms with Gasteiger partial charge in [-0.3, -0.25) is 34.3 Å².